The van der Waals surface area contributed by atoms with Gasteiger partial charge in [0.25, 0.3) is 0 Å². The Labute approximate surface area is 294 Å². The van der Waals surface area contributed by atoms with Gasteiger partial charge in [-0.2, -0.15) is 0 Å². The number of hydrogen-bond acceptors (Lipinski definition) is 3. The summed E-state index contributed by atoms with van der Waals surface area (Å²) in [6, 6.07) is 38.1. The van der Waals surface area contributed by atoms with Crippen molar-refractivity contribution in [3.8, 4) is 22.5 Å². The molecule has 0 N–H and O–H groups in total. The van der Waals surface area contributed by atoms with Crippen LogP contribution in [0.3, 0.4) is 0 Å². The van der Waals surface area contributed by atoms with E-state index in [-0.39, 0.29) is 37.2 Å². The van der Waals surface area contributed by atoms with Crippen molar-refractivity contribution < 1.29 is 35.5 Å². The van der Waals surface area contributed by atoms with Crippen molar-refractivity contribution in [1.29, 1.82) is 0 Å². The number of benzene rings is 5. The van der Waals surface area contributed by atoms with Gasteiger partial charge >= 0.3 is 0 Å². The van der Waals surface area contributed by atoms with Crippen molar-refractivity contribution in [2.45, 2.75) is 33.9 Å². The number of hydrogen-bond donors (Lipinski definition) is 0. The van der Waals surface area contributed by atoms with Crippen molar-refractivity contribution in [3.05, 3.63) is 144 Å². The second-order valence-corrected chi connectivity index (χ2v) is 11.2. The Balaban J connectivity index is 0.000000205. The summed E-state index contributed by atoms with van der Waals surface area (Å²) < 4.78 is 67.2. The average molecular weight is 783 g/mol. The Morgan fingerprint density at radius 3 is 2.35 bits per heavy atom. The summed E-state index contributed by atoms with van der Waals surface area (Å²) in [6.07, 6.45) is 1.52. The van der Waals surface area contributed by atoms with E-state index in [0.29, 0.717) is 22.5 Å². The molecule has 3 nitrogen and oxygen atoms in total. The summed E-state index contributed by atoms with van der Waals surface area (Å²) in [5.74, 6) is -0.154. The minimum absolute atomic E-state index is 0. The third-order valence-electron chi connectivity index (χ3n) is 7.63. The maximum atomic E-state index is 8.50. The largest absolute Gasteiger partial charge is 0.500 e. The molecule has 3 aromatic heterocycles. The van der Waals surface area contributed by atoms with Gasteiger partial charge in [-0.25, -0.2) is 0 Å². The molecule has 229 valence electrons. The van der Waals surface area contributed by atoms with Crippen molar-refractivity contribution in [3.63, 3.8) is 0 Å². The molecule has 0 bridgehead atoms. The van der Waals surface area contributed by atoms with E-state index in [0.717, 1.165) is 43.7 Å². The van der Waals surface area contributed by atoms with Crippen LogP contribution in [-0.4, -0.2) is 9.97 Å². The van der Waals surface area contributed by atoms with Crippen LogP contribution >= 0.6 is 0 Å². The van der Waals surface area contributed by atoms with E-state index in [9.17, 15) is 0 Å². The summed E-state index contributed by atoms with van der Waals surface area (Å²) in [4.78, 5) is 8.63. The molecule has 4 heteroatoms. The van der Waals surface area contributed by atoms with Crippen LogP contribution in [0.2, 0.25) is 0 Å². The van der Waals surface area contributed by atoms with Crippen molar-refractivity contribution >= 4 is 43.5 Å². The van der Waals surface area contributed by atoms with Crippen LogP contribution in [0.5, 0.6) is 0 Å². The van der Waals surface area contributed by atoms with Crippen LogP contribution in [0.15, 0.2) is 120 Å². The fourth-order valence-electron chi connectivity index (χ4n) is 5.60. The predicted molar refractivity (Wildman–Crippen MR) is 187 cm³/mol. The van der Waals surface area contributed by atoms with Crippen LogP contribution in [0.4, 0.5) is 0 Å². The number of aryl methyl sites for hydroxylation is 2. The quantitative estimate of drug-likeness (QED) is 0.132. The summed E-state index contributed by atoms with van der Waals surface area (Å²) in [6.45, 7) is -0.558. The average Bonchev–Trinajstić information content (AvgIpc) is 3.53. The fraction of sp³-hybridized carbons (Fsp3) is 0.143. The molecule has 0 fully saturated rings. The van der Waals surface area contributed by atoms with Gasteiger partial charge in [0.2, 0.25) is 0 Å². The van der Waals surface area contributed by atoms with Crippen LogP contribution in [0.25, 0.3) is 66.0 Å². The van der Waals surface area contributed by atoms with Gasteiger partial charge < -0.3 is 14.4 Å². The van der Waals surface area contributed by atoms with E-state index >= 15 is 0 Å². The second-order valence-electron chi connectivity index (χ2n) is 11.2. The molecule has 8 rings (SSSR count). The van der Waals surface area contributed by atoms with Gasteiger partial charge in [0.05, 0.1) is 5.58 Å². The number of furan rings is 1. The first kappa shape index (κ1) is 22.8. The molecular weight excluding hydrogens is 741 g/mol. The molecule has 0 aliphatic heterocycles. The molecule has 0 saturated carbocycles. The van der Waals surface area contributed by atoms with Crippen LogP contribution in [0.1, 0.15) is 41.5 Å². The minimum atomic E-state index is -2.18. The molecule has 0 saturated heterocycles. The molecule has 0 unspecified atom stereocenters. The monoisotopic (exact) mass is 783 g/mol. The third kappa shape index (κ3) is 6.24. The SMILES string of the molecule is [2H]C([2H])([2H])c1c[c-]c(-c2ccc(C([2H])([2H])[2H])cn2)cc1.[2H]C([2H])(c1ccnc(-c2[c-]ccc3c2oc2c3ccc3ccc4ccccc4c32)c1)C(C)C.[Ir]. The van der Waals surface area contributed by atoms with Crippen molar-refractivity contribution in [2.24, 2.45) is 5.92 Å². The number of nitrogens with zero attached hydrogens (tertiary/aromatic N) is 2. The zero-order chi connectivity index (χ0) is 37.7. The summed E-state index contributed by atoms with van der Waals surface area (Å²) in [5.41, 5.74) is 5.15. The Hall–Kier alpha value is -4.63. The van der Waals surface area contributed by atoms with Crippen LogP contribution in [0, 0.1) is 31.8 Å². The smallest absolute Gasteiger partial charge is 0.129 e. The molecule has 0 aliphatic carbocycles. The Kier molecular flexibility index (Phi) is 6.64. The molecule has 0 atom stereocenters. The van der Waals surface area contributed by atoms with E-state index in [1.165, 1.54) is 29.8 Å². The van der Waals surface area contributed by atoms with Gasteiger partial charge in [-0.05, 0) is 58.3 Å². The number of aromatic nitrogens is 2. The van der Waals surface area contributed by atoms with Crippen molar-refractivity contribution in [2.75, 3.05) is 0 Å². The molecule has 46 heavy (non-hydrogen) atoms. The third-order valence-corrected chi connectivity index (χ3v) is 7.63. The fourth-order valence-corrected chi connectivity index (χ4v) is 5.60. The van der Waals surface area contributed by atoms with Gasteiger partial charge in [0.1, 0.15) is 5.58 Å². The zero-order valence-electron chi connectivity index (χ0n) is 33.2. The Bertz CT molecular complexity index is 2540. The molecule has 0 spiro atoms. The summed E-state index contributed by atoms with van der Waals surface area (Å²) >= 11 is 0. The molecule has 3 heterocycles. The van der Waals surface area contributed by atoms with E-state index in [4.69, 9.17) is 15.4 Å². The number of rotatable bonds is 4. The number of fused-ring (bicyclic) bond motifs is 7. The molecule has 5 aromatic carbocycles. The van der Waals surface area contributed by atoms with Gasteiger partial charge in [0.15, 0.2) is 0 Å². The minimum Gasteiger partial charge on any atom is -0.500 e. The topological polar surface area (TPSA) is 38.9 Å². The first-order valence-corrected chi connectivity index (χ1v) is 14.8. The Morgan fingerprint density at radius 1 is 0.761 bits per heavy atom. The molecule has 8 aromatic rings. The van der Waals surface area contributed by atoms with Gasteiger partial charge in [0, 0.05) is 54.2 Å². The van der Waals surface area contributed by atoms with E-state index in [2.05, 4.69) is 70.6 Å². The molecule has 0 aliphatic rings. The maximum absolute atomic E-state index is 8.50. The predicted octanol–water partition coefficient (Wildman–Crippen LogP) is 11.1. The molecule has 1 radical (unpaired) electrons. The van der Waals surface area contributed by atoms with E-state index < -0.39 is 20.1 Å². The van der Waals surface area contributed by atoms with Crippen LogP contribution < -0.4 is 0 Å². The summed E-state index contributed by atoms with van der Waals surface area (Å²) in [5, 5.41) is 6.64. The maximum Gasteiger partial charge on any atom is 0.129 e. The standard InChI is InChI=1S/C29H22NO.C13H12N.Ir/c1-18(2)16-19-14-15-30-26(17-19)25-9-5-8-23-24-13-12-21-11-10-20-6-3-4-7-22(20)27(21)29(24)31-28(23)25;1-10-3-6-12(7-4-10)13-8-5-11(2)9-14-13;/h3-8,10-15,17-18H,16H2,1-2H3;3-6,8-9H,1-2H3;/q2*-1;/i16D2;1D3,2D3;. The summed E-state index contributed by atoms with van der Waals surface area (Å²) in [7, 11) is 0. The van der Waals surface area contributed by atoms with Gasteiger partial charge in [-0.1, -0.05) is 104 Å². The van der Waals surface area contributed by atoms with E-state index in [1.54, 1.807) is 24.4 Å². The van der Waals surface area contributed by atoms with Gasteiger partial charge in [-0.3, -0.25) is 0 Å². The zero-order valence-corrected chi connectivity index (χ0v) is 27.6. The molecular formula is C42H34IrN2O-2. The van der Waals surface area contributed by atoms with Crippen LogP contribution in [-0.2, 0) is 26.5 Å². The second kappa shape index (κ2) is 13.4. The Morgan fingerprint density at radius 2 is 1.57 bits per heavy atom. The van der Waals surface area contributed by atoms with Gasteiger partial charge in [-0.15, -0.1) is 53.6 Å². The number of pyridine rings is 2. The van der Waals surface area contributed by atoms with Crippen molar-refractivity contribution in [1.82, 2.24) is 9.97 Å². The van der Waals surface area contributed by atoms with E-state index in [1.807, 2.05) is 32.0 Å². The first-order chi connectivity index (χ1) is 25.1. The first-order valence-electron chi connectivity index (χ1n) is 18.8. The molecule has 0 amide bonds. The normalized spacial score (nSPS) is 14.6.